The van der Waals surface area contributed by atoms with Gasteiger partial charge in [0, 0.05) is 16.9 Å². The van der Waals surface area contributed by atoms with Gasteiger partial charge in [-0.05, 0) is 36.6 Å². The number of anilines is 2. The molecule has 0 unspecified atom stereocenters. The molecule has 0 fully saturated rings. The van der Waals surface area contributed by atoms with Gasteiger partial charge in [0.15, 0.2) is 5.78 Å². The van der Waals surface area contributed by atoms with Crippen molar-refractivity contribution in [1.82, 2.24) is 0 Å². The highest BCUT2D eigenvalue weighted by atomic mass is 16.2. The average molecular weight is 310 g/mol. The van der Waals surface area contributed by atoms with E-state index >= 15 is 0 Å². The van der Waals surface area contributed by atoms with Crippen LogP contribution in [0.25, 0.3) is 0 Å². The molecule has 0 aromatic heterocycles. The molecule has 120 valence electrons. The molecule has 0 atom stereocenters. The topological polar surface area (TPSA) is 58.2 Å². The molecule has 2 aromatic rings. The lowest BCUT2D eigenvalue weighted by atomic mass is 10.0. The number of carbonyl (C=O) groups excluding carboxylic acids is 2. The van der Waals surface area contributed by atoms with Crippen LogP contribution in [0.2, 0.25) is 0 Å². The third-order valence-corrected chi connectivity index (χ3v) is 3.58. The first-order valence-electron chi connectivity index (χ1n) is 7.71. The van der Waals surface area contributed by atoms with Crippen LogP contribution in [0.4, 0.5) is 11.4 Å². The van der Waals surface area contributed by atoms with Crippen molar-refractivity contribution in [1.29, 1.82) is 0 Å². The van der Waals surface area contributed by atoms with Gasteiger partial charge < -0.3 is 10.6 Å². The molecule has 0 saturated carbocycles. The Kier molecular flexibility index (Phi) is 5.52. The molecule has 0 aliphatic rings. The zero-order valence-electron chi connectivity index (χ0n) is 13.7. The number of ketones is 1. The average Bonchev–Trinajstić information content (AvgIpc) is 2.53. The molecule has 23 heavy (non-hydrogen) atoms. The number of rotatable bonds is 6. The van der Waals surface area contributed by atoms with E-state index in [9.17, 15) is 9.59 Å². The summed E-state index contributed by atoms with van der Waals surface area (Å²) >= 11 is 0. The molecule has 0 aliphatic heterocycles. The van der Waals surface area contributed by atoms with Crippen molar-refractivity contribution < 1.29 is 9.59 Å². The lowest BCUT2D eigenvalue weighted by Crippen LogP contribution is -2.22. The van der Waals surface area contributed by atoms with Crippen molar-refractivity contribution in [2.45, 2.75) is 26.7 Å². The first-order chi connectivity index (χ1) is 11.0. The maximum Gasteiger partial charge on any atom is 0.243 e. The summed E-state index contributed by atoms with van der Waals surface area (Å²) in [5.41, 5.74) is 3.33. The second-order valence-electron chi connectivity index (χ2n) is 5.78. The molecule has 0 saturated heterocycles. The van der Waals surface area contributed by atoms with E-state index in [0.717, 1.165) is 16.9 Å². The fourth-order valence-corrected chi connectivity index (χ4v) is 2.34. The Balaban J connectivity index is 1.98. The summed E-state index contributed by atoms with van der Waals surface area (Å²) in [6, 6.07) is 14.9. The van der Waals surface area contributed by atoms with Crippen molar-refractivity contribution in [3.8, 4) is 0 Å². The van der Waals surface area contributed by atoms with Crippen LogP contribution in [0, 0.1) is 0 Å². The Morgan fingerprint density at radius 3 is 2.48 bits per heavy atom. The van der Waals surface area contributed by atoms with E-state index in [1.807, 2.05) is 30.3 Å². The maximum atomic E-state index is 12.1. The van der Waals surface area contributed by atoms with Gasteiger partial charge in [-0.2, -0.15) is 0 Å². The van der Waals surface area contributed by atoms with Gasteiger partial charge in [0.25, 0.3) is 0 Å². The Bertz CT molecular complexity index is 708. The zero-order valence-corrected chi connectivity index (χ0v) is 13.7. The quantitative estimate of drug-likeness (QED) is 0.791. The number of nitrogens with one attached hydrogen (secondary N) is 2. The number of amides is 1. The van der Waals surface area contributed by atoms with Crippen LogP contribution in [-0.4, -0.2) is 18.2 Å². The Morgan fingerprint density at radius 2 is 1.78 bits per heavy atom. The van der Waals surface area contributed by atoms with E-state index in [0.29, 0.717) is 11.5 Å². The minimum atomic E-state index is -0.119. The monoisotopic (exact) mass is 310 g/mol. The van der Waals surface area contributed by atoms with Crippen molar-refractivity contribution in [2.75, 3.05) is 17.2 Å². The first-order valence-corrected chi connectivity index (χ1v) is 7.71. The molecule has 0 heterocycles. The van der Waals surface area contributed by atoms with E-state index < -0.39 is 0 Å². The molecule has 4 nitrogen and oxygen atoms in total. The summed E-state index contributed by atoms with van der Waals surface area (Å²) < 4.78 is 0. The van der Waals surface area contributed by atoms with Crippen molar-refractivity contribution in [2.24, 2.45) is 0 Å². The molecule has 2 aromatic carbocycles. The van der Waals surface area contributed by atoms with Gasteiger partial charge in [0.05, 0.1) is 6.54 Å². The summed E-state index contributed by atoms with van der Waals surface area (Å²) in [4.78, 5) is 23.5. The molecular weight excluding hydrogens is 288 g/mol. The summed E-state index contributed by atoms with van der Waals surface area (Å²) in [5, 5.41) is 5.98. The van der Waals surface area contributed by atoms with Crippen LogP contribution in [0.3, 0.4) is 0 Å². The lowest BCUT2D eigenvalue weighted by Gasteiger charge is -2.14. The minimum absolute atomic E-state index is 0.00367. The minimum Gasteiger partial charge on any atom is -0.376 e. The first kappa shape index (κ1) is 16.7. The smallest absolute Gasteiger partial charge is 0.243 e. The second-order valence-corrected chi connectivity index (χ2v) is 5.78. The summed E-state index contributed by atoms with van der Waals surface area (Å²) in [6.07, 6.45) is 0. The molecule has 0 radical (unpaired) electrons. The largest absolute Gasteiger partial charge is 0.376 e. The Hall–Kier alpha value is -2.62. The van der Waals surface area contributed by atoms with Gasteiger partial charge in [-0.15, -0.1) is 0 Å². The van der Waals surface area contributed by atoms with Gasteiger partial charge in [-0.25, -0.2) is 0 Å². The van der Waals surface area contributed by atoms with E-state index in [1.54, 1.807) is 18.2 Å². The van der Waals surface area contributed by atoms with Gasteiger partial charge >= 0.3 is 0 Å². The van der Waals surface area contributed by atoms with E-state index in [4.69, 9.17) is 0 Å². The number of carbonyl (C=O) groups is 2. The molecule has 0 aliphatic carbocycles. The lowest BCUT2D eigenvalue weighted by molar-refractivity contribution is -0.114. The maximum absolute atomic E-state index is 12.1. The van der Waals surface area contributed by atoms with E-state index in [-0.39, 0.29) is 18.2 Å². The zero-order chi connectivity index (χ0) is 16.8. The highest BCUT2D eigenvalue weighted by molar-refractivity contribution is 5.96. The second kappa shape index (κ2) is 7.58. The van der Waals surface area contributed by atoms with Crippen LogP contribution in [-0.2, 0) is 4.79 Å². The van der Waals surface area contributed by atoms with Gasteiger partial charge in [0.2, 0.25) is 5.91 Å². The molecule has 2 N–H and O–H groups in total. The molecule has 1 amide bonds. The van der Waals surface area contributed by atoms with Crippen molar-refractivity contribution in [3.63, 3.8) is 0 Å². The Morgan fingerprint density at radius 1 is 1.04 bits per heavy atom. The van der Waals surface area contributed by atoms with Crippen LogP contribution in [0.5, 0.6) is 0 Å². The third-order valence-electron chi connectivity index (χ3n) is 3.58. The Labute approximate surface area is 136 Å². The fraction of sp³-hybridized carbons (Fsp3) is 0.263. The molecule has 4 heteroatoms. The third kappa shape index (κ3) is 4.68. The van der Waals surface area contributed by atoms with Gasteiger partial charge in [0.1, 0.15) is 0 Å². The van der Waals surface area contributed by atoms with Crippen LogP contribution >= 0.6 is 0 Å². The number of benzene rings is 2. The van der Waals surface area contributed by atoms with Gasteiger partial charge in [-0.3, -0.25) is 9.59 Å². The highest BCUT2D eigenvalue weighted by Crippen LogP contribution is 2.23. The van der Waals surface area contributed by atoms with E-state index in [2.05, 4.69) is 24.5 Å². The molecule has 0 bridgehead atoms. The number of Topliss-reactive ketones (excluding diaryl/α,β-unsaturated/α-hetero) is 1. The number of hydrogen-bond acceptors (Lipinski definition) is 3. The SMILES string of the molecule is CC(=O)c1cccc(NCC(=O)Nc2ccccc2C(C)C)c1. The van der Waals surface area contributed by atoms with Gasteiger partial charge in [-0.1, -0.05) is 44.2 Å². The molecular formula is C19H22N2O2. The number of hydrogen-bond donors (Lipinski definition) is 2. The van der Waals surface area contributed by atoms with Crippen LogP contribution in [0.1, 0.15) is 42.6 Å². The highest BCUT2D eigenvalue weighted by Gasteiger charge is 2.09. The summed E-state index contributed by atoms with van der Waals surface area (Å²) in [6.45, 7) is 5.86. The molecule has 0 spiro atoms. The predicted molar refractivity (Wildman–Crippen MR) is 94.1 cm³/mol. The fourth-order valence-electron chi connectivity index (χ4n) is 2.34. The van der Waals surface area contributed by atoms with Crippen LogP contribution < -0.4 is 10.6 Å². The van der Waals surface area contributed by atoms with E-state index in [1.165, 1.54) is 6.92 Å². The van der Waals surface area contributed by atoms with Crippen molar-refractivity contribution >= 4 is 23.1 Å². The predicted octanol–water partition coefficient (Wildman–Crippen LogP) is 4.06. The van der Waals surface area contributed by atoms with Crippen LogP contribution in [0.15, 0.2) is 48.5 Å². The van der Waals surface area contributed by atoms with Crippen molar-refractivity contribution in [3.05, 3.63) is 59.7 Å². The standard InChI is InChI=1S/C19H22N2O2/c1-13(2)17-9-4-5-10-18(17)21-19(23)12-20-16-8-6-7-15(11-16)14(3)22/h4-11,13,20H,12H2,1-3H3,(H,21,23). The number of para-hydroxylation sites is 1. The summed E-state index contributed by atoms with van der Waals surface area (Å²) in [5.74, 6) is 0.224. The summed E-state index contributed by atoms with van der Waals surface area (Å²) in [7, 11) is 0. The molecule has 2 rings (SSSR count). The normalized spacial score (nSPS) is 10.4.